The molecular formula is C24H29N5OS. The van der Waals surface area contributed by atoms with Gasteiger partial charge in [-0.2, -0.15) is 0 Å². The number of amides is 1. The van der Waals surface area contributed by atoms with Crippen molar-refractivity contribution in [2.45, 2.75) is 38.3 Å². The summed E-state index contributed by atoms with van der Waals surface area (Å²) in [5, 5.41) is 9.75. The van der Waals surface area contributed by atoms with Crippen molar-refractivity contribution >= 4 is 29.3 Å². The van der Waals surface area contributed by atoms with Crippen LogP contribution in [-0.4, -0.2) is 46.1 Å². The maximum atomic E-state index is 13.1. The Kier molecular flexibility index (Phi) is 6.92. The average molecular weight is 436 g/mol. The van der Waals surface area contributed by atoms with E-state index in [1.807, 2.05) is 61.2 Å². The van der Waals surface area contributed by atoms with E-state index >= 15 is 0 Å². The van der Waals surface area contributed by atoms with Crippen molar-refractivity contribution in [3.8, 4) is 5.69 Å². The molecule has 0 radical (unpaired) electrons. The molecule has 4 rings (SSSR count). The van der Waals surface area contributed by atoms with Crippen molar-refractivity contribution in [2.75, 3.05) is 35.2 Å². The minimum Gasteiger partial charge on any atom is -0.341 e. The van der Waals surface area contributed by atoms with Gasteiger partial charge in [-0.25, -0.2) is 0 Å². The summed E-state index contributed by atoms with van der Waals surface area (Å²) >= 11 is 1.45. The predicted octanol–water partition coefficient (Wildman–Crippen LogP) is 4.71. The van der Waals surface area contributed by atoms with E-state index in [4.69, 9.17) is 0 Å². The third-order valence-electron chi connectivity index (χ3n) is 5.62. The molecule has 6 nitrogen and oxygen atoms in total. The number of rotatable bonds is 7. The number of hydrogen-bond donors (Lipinski definition) is 0. The number of carbonyl (C=O) groups is 1. The second-order valence-electron chi connectivity index (χ2n) is 7.71. The number of nitrogens with zero attached hydrogens (tertiary/aromatic N) is 5. The molecule has 0 N–H and O–H groups in total. The van der Waals surface area contributed by atoms with E-state index in [2.05, 4.69) is 31.8 Å². The summed E-state index contributed by atoms with van der Waals surface area (Å²) in [5.74, 6) is 1.25. The van der Waals surface area contributed by atoms with Crippen LogP contribution in [0.3, 0.4) is 0 Å². The fourth-order valence-electron chi connectivity index (χ4n) is 4.01. The molecule has 7 heteroatoms. The zero-order chi connectivity index (χ0) is 21.6. The largest absolute Gasteiger partial charge is 0.341 e. The Labute approximate surface area is 188 Å². The fraction of sp³-hybridized carbons (Fsp3) is 0.375. The number of benzene rings is 2. The summed E-state index contributed by atoms with van der Waals surface area (Å²) in [6.07, 6.45) is 3.60. The van der Waals surface area contributed by atoms with E-state index in [1.54, 1.807) is 0 Å². The first-order valence-corrected chi connectivity index (χ1v) is 11.9. The highest BCUT2D eigenvalue weighted by atomic mass is 32.2. The number of carbonyl (C=O) groups excluding carboxylic acids is 1. The van der Waals surface area contributed by atoms with Gasteiger partial charge in [-0.3, -0.25) is 9.36 Å². The fourth-order valence-corrected chi connectivity index (χ4v) is 4.83. The van der Waals surface area contributed by atoms with Gasteiger partial charge in [-0.1, -0.05) is 48.2 Å². The maximum absolute atomic E-state index is 13.1. The molecule has 0 spiro atoms. The summed E-state index contributed by atoms with van der Waals surface area (Å²) in [6, 6.07) is 18.2. The zero-order valence-corrected chi connectivity index (χ0v) is 19.0. The van der Waals surface area contributed by atoms with E-state index in [9.17, 15) is 4.79 Å². The van der Waals surface area contributed by atoms with Crippen LogP contribution >= 0.6 is 11.8 Å². The number of piperidine rings is 1. The van der Waals surface area contributed by atoms with Gasteiger partial charge in [0.25, 0.3) is 0 Å². The third kappa shape index (κ3) is 4.77. The SMILES string of the molecule is CCN(C(=O)CSc1nnc(N2CCCCC2)n1-c1ccccc1)c1ccccc1C. The van der Waals surface area contributed by atoms with Gasteiger partial charge >= 0.3 is 0 Å². The Hall–Kier alpha value is -2.80. The second-order valence-corrected chi connectivity index (χ2v) is 8.66. The van der Waals surface area contributed by atoms with Gasteiger partial charge in [0, 0.05) is 25.3 Å². The first-order valence-electron chi connectivity index (χ1n) is 10.9. The summed E-state index contributed by atoms with van der Waals surface area (Å²) in [5.41, 5.74) is 3.09. The molecule has 1 saturated heterocycles. The smallest absolute Gasteiger partial charge is 0.237 e. The van der Waals surface area contributed by atoms with Crippen molar-refractivity contribution in [3.63, 3.8) is 0 Å². The van der Waals surface area contributed by atoms with Gasteiger partial charge in [0.1, 0.15) is 0 Å². The molecule has 2 heterocycles. The Morgan fingerprint density at radius 1 is 1.00 bits per heavy atom. The van der Waals surface area contributed by atoms with Gasteiger partial charge in [-0.15, -0.1) is 10.2 Å². The molecule has 0 bridgehead atoms. The molecule has 1 aliphatic rings. The van der Waals surface area contributed by atoms with Gasteiger partial charge < -0.3 is 9.80 Å². The van der Waals surface area contributed by atoms with E-state index < -0.39 is 0 Å². The summed E-state index contributed by atoms with van der Waals surface area (Å²) in [7, 11) is 0. The second kappa shape index (κ2) is 10.0. The van der Waals surface area contributed by atoms with Crippen molar-refractivity contribution in [1.29, 1.82) is 0 Å². The lowest BCUT2D eigenvalue weighted by Crippen LogP contribution is -2.33. The number of aryl methyl sites for hydroxylation is 1. The van der Waals surface area contributed by atoms with E-state index in [-0.39, 0.29) is 5.91 Å². The Morgan fingerprint density at radius 2 is 1.71 bits per heavy atom. The normalized spacial score (nSPS) is 13.9. The van der Waals surface area contributed by atoms with Gasteiger partial charge in [-0.05, 0) is 56.9 Å². The Balaban J connectivity index is 1.57. The molecule has 31 heavy (non-hydrogen) atoms. The quantitative estimate of drug-likeness (QED) is 0.503. The van der Waals surface area contributed by atoms with Crippen LogP contribution in [0, 0.1) is 6.92 Å². The van der Waals surface area contributed by atoms with Crippen LogP contribution in [-0.2, 0) is 4.79 Å². The molecule has 1 aromatic heterocycles. The minimum absolute atomic E-state index is 0.0731. The lowest BCUT2D eigenvalue weighted by Gasteiger charge is -2.28. The third-order valence-corrected chi connectivity index (χ3v) is 6.53. The van der Waals surface area contributed by atoms with Gasteiger partial charge in [0.05, 0.1) is 11.4 Å². The topological polar surface area (TPSA) is 54.3 Å². The molecule has 0 aliphatic carbocycles. The molecule has 0 saturated carbocycles. The molecule has 1 aliphatic heterocycles. The van der Waals surface area contributed by atoms with E-state index in [0.29, 0.717) is 12.3 Å². The summed E-state index contributed by atoms with van der Waals surface area (Å²) in [4.78, 5) is 17.2. The standard InChI is InChI=1S/C24H29N5OS/c1-3-28(21-15-9-8-12-19(21)2)22(30)18-31-24-26-25-23(27-16-10-5-11-17-27)29(24)20-13-6-4-7-14-20/h4,6-9,12-15H,3,5,10-11,16-18H2,1-2H3. The molecule has 162 valence electrons. The van der Waals surface area contributed by atoms with Crippen molar-refractivity contribution in [3.05, 3.63) is 60.2 Å². The minimum atomic E-state index is 0.0731. The lowest BCUT2D eigenvalue weighted by atomic mass is 10.1. The highest BCUT2D eigenvalue weighted by molar-refractivity contribution is 7.99. The first-order chi connectivity index (χ1) is 15.2. The van der Waals surface area contributed by atoms with Crippen LogP contribution in [0.1, 0.15) is 31.7 Å². The monoisotopic (exact) mass is 435 g/mol. The van der Waals surface area contributed by atoms with Crippen molar-refractivity contribution in [2.24, 2.45) is 0 Å². The number of aromatic nitrogens is 3. The maximum Gasteiger partial charge on any atom is 0.237 e. The molecule has 0 unspecified atom stereocenters. The van der Waals surface area contributed by atoms with Crippen LogP contribution in [0.2, 0.25) is 0 Å². The molecule has 3 aromatic rings. The molecule has 2 aromatic carbocycles. The lowest BCUT2D eigenvalue weighted by molar-refractivity contribution is -0.116. The highest BCUT2D eigenvalue weighted by Crippen LogP contribution is 2.29. The van der Waals surface area contributed by atoms with E-state index in [0.717, 1.165) is 41.1 Å². The van der Waals surface area contributed by atoms with Crippen molar-refractivity contribution < 1.29 is 4.79 Å². The molecular weight excluding hydrogens is 406 g/mol. The summed E-state index contributed by atoms with van der Waals surface area (Å²) in [6.45, 7) is 6.66. The number of hydrogen-bond acceptors (Lipinski definition) is 5. The average Bonchev–Trinajstić information content (AvgIpc) is 3.24. The van der Waals surface area contributed by atoms with Crippen LogP contribution in [0.4, 0.5) is 11.6 Å². The van der Waals surface area contributed by atoms with Crippen LogP contribution in [0.25, 0.3) is 5.69 Å². The Bertz CT molecular complexity index is 1010. The zero-order valence-electron chi connectivity index (χ0n) is 18.2. The van der Waals surface area contributed by atoms with Crippen LogP contribution < -0.4 is 9.80 Å². The molecule has 0 atom stereocenters. The predicted molar refractivity (Wildman–Crippen MR) is 127 cm³/mol. The van der Waals surface area contributed by atoms with Crippen molar-refractivity contribution in [1.82, 2.24) is 14.8 Å². The molecule has 1 fully saturated rings. The van der Waals surface area contributed by atoms with Crippen LogP contribution in [0.15, 0.2) is 59.8 Å². The number of anilines is 2. The Morgan fingerprint density at radius 3 is 2.42 bits per heavy atom. The highest BCUT2D eigenvalue weighted by Gasteiger charge is 2.23. The van der Waals surface area contributed by atoms with Gasteiger partial charge in [0.15, 0.2) is 5.16 Å². The molecule has 1 amide bonds. The number of para-hydroxylation sites is 2. The van der Waals surface area contributed by atoms with E-state index in [1.165, 1.54) is 31.0 Å². The number of thioether (sulfide) groups is 1. The van der Waals surface area contributed by atoms with Crippen LogP contribution in [0.5, 0.6) is 0 Å². The summed E-state index contributed by atoms with van der Waals surface area (Å²) < 4.78 is 2.09. The van der Waals surface area contributed by atoms with Gasteiger partial charge in [0.2, 0.25) is 11.9 Å². The first kappa shape index (κ1) is 21.4.